The van der Waals surface area contributed by atoms with Crippen LogP contribution in [0.2, 0.25) is 0 Å². The smallest absolute Gasteiger partial charge is 0.374 e. The van der Waals surface area contributed by atoms with Crippen molar-refractivity contribution in [3.05, 3.63) is 87.8 Å². The summed E-state index contributed by atoms with van der Waals surface area (Å²) < 4.78 is 39.3. The van der Waals surface area contributed by atoms with Crippen LogP contribution in [0.3, 0.4) is 0 Å². The summed E-state index contributed by atoms with van der Waals surface area (Å²) in [6.45, 7) is 13.7. The van der Waals surface area contributed by atoms with E-state index in [1.165, 1.54) is 0 Å². The van der Waals surface area contributed by atoms with Crippen LogP contribution in [0.1, 0.15) is 59.1 Å². The number of benzene rings is 2. The van der Waals surface area contributed by atoms with Crippen LogP contribution in [-0.4, -0.2) is 37.4 Å². The zero-order valence-corrected chi connectivity index (χ0v) is 21.0. The minimum Gasteiger partial charge on any atom is -0.374 e. The van der Waals surface area contributed by atoms with E-state index >= 15 is 0 Å². The van der Waals surface area contributed by atoms with Crippen LogP contribution in [0.5, 0.6) is 0 Å². The lowest BCUT2D eigenvalue weighted by atomic mass is 9.88. The van der Waals surface area contributed by atoms with Crippen molar-refractivity contribution in [3.8, 4) is 6.07 Å². The molecule has 1 saturated heterocycles. The van der Waals surface area contributed by atoms with Crippen LogP contribution in [0, 0.1) is 25.2 Å². The average molecular weight is 493 g/mol. The molecule has 2 aromatic rings. The number of alkyl halides is 3. The Labute approximate surface area is 211 Å². The third-order valence-electron chi connectivity index (χ3n) is 6.40. The molecule has 0 atom stereocenters. The average Bonchev–Trinajstić information content (AvgIpc) is 2.81. The molecule has 1 N–H and O–H groups in total. The molecule has 4 nitrogen and oxygen atoms in total. The summed E-state index contributed by atoms with van der Waals surface area (Å²) in [5.74, 6) is 0.316. The van der Waals surface area contributed by atoms with Gasteiger partial charge < -0.3 is 10.2 Å². The second kappa shape index (κ2) is 11.3. The number of aryl methyl sites for hydroxylation is 2. The molecule has 0 amide bonds. The Kier molecular flexibility index (Phi) is 8.45. The van der Waals surface area contributed by atoms with E-state index in [-0.39, 0.29) is 0 Å². The van der Waals surface area contributed by atoms with Crippen molar-refractivity contribution in [2.24, 2.45) is 4.99 Å². The zero-order valence-electron chi connectivity index (χ0n) is 21.0. The van der Waals surface area contributed by atoms with E-state index in [1.807, 2.05) is 57.2 Å². The number of likely N-dealkylation sites (tertiary alicyclic amines) is 1. The second-order valence-corrected chi connectivity index (χ2v) is 9.04. The Hall–Kier alpha value is -3.75. The molecule has 0 saturated carbocycles. The number of halogens is 3. The fourth-order valence-corrected chi connectivity index (χ4v) is 4.52. The highest BCUT2D eigenvalue weighted by molar-refractivity contribution is 5.76. The van der Waals surface area contributed by atoms with Gasteiger partial charge in [0.15, 0.2) is 0 Å². The monoisotopic (exact) mass is 492 g/mol. The number of nitriles is 1. The Morgan fingerprint density at radius 3 is 2.31 bits per heavy atom. The highest BCUT2D eigenvalue weighted by atomic mass is 19.4. The minimum absolute atomic E-state index is 0.316. The topological polar surface area (TPSA) is 51.4 Å². The number of rotatable bonds is 9. The number of allylic oxidation sites excluding steroid dienone is 1. The molecule has 0 bridgehead atoms. The van der Waals surface area contributed by atoms with Crippen molar-refractivity contribution >= 4 is 18.1 Å². The SMILES string of the molecule is C=C=C(c1cc(/C(NCC(F)(F)F)=C(\CCC)N=C)c(C)cc1C)N1CC(c2ccc(C#N)cc2)C1. The van der Waals surface area contributed by atoms with Gasteiger partial charge in [-0.1, -0.05) is 38.1 Å². The van der Waals surface area contributed by atoms with Crippen LogP contribution in [0.15, 0.2) is 59.4 Å². The number of aliphatic imine (C=N–C) groups is 1. The fraction of sp³-hybridized carbons (Fsp3) is 0.345. The summed E-state index contributed by atoms with van der Waals surface area (Å²) >= 11 is 0. The quantitative estimate of drug-likeness (QED) is 0.312. The van der Waals surface area contributed by atoms with Crippen molar-refractivity contribution in [1.29, 1.82) is 5.26 Å². The lowest BCUT2D eigenvalue weighted by molar-refractivity contribution is -0.122. The summed E-state index contributed by atoms with van der Waals surface area (Å²) in [4.78, 5) is 6.24. The Morgan fingerprint density at radius 2 is 1.78 bits per heavy atom. The zero-order chi connectivity index (χ0) is 26.5. The highest BCUT2D eigenvalue weighted by Crippen LogP contribution is 2.36. The molecule has 1 heterocycles. The van der Waals surface area contributed by atoms with Crippen molar-refractivity contribution in [1.82, 2.24) is 10.2 Å². The number of nitrogens with zero attached hydrogens (tertiary/aromatic N) is 3. The number of hydrogen-bond donors (Lipinski definition) is 1. The predicted molar refractivity (Wildman–Crippen MR) is 139 cm³/mol. The van der Waals surface area contributed by atoms with Crippen molar-refractivity contribution in [3.63, 3.8) is 0 Å². The lowest BCUT2D eigenvalue weighted by Gasteiger charge is -2.42. The van der Waals surface area contributed by atoms with Gasteiger partial charge in [-0.05, 0) is 61.9 Å². The van der Waals surface area contributed by atoms with E-state index in [9.17, 15) is 13.2 Å². The largest absolute Gasteiger partial charge is 0.405 e. The summed E-state index contributed by atoms with van der Waals surface area (Å²) in [7, 11) is 0. The summed E-state index contributed by atoms with van der Waals surface area (Å²) in [5.41, 5.74) is 9.90. The van der Waals surface area contributed by atoms with Gasteiger partial charge in [0.2, 0.25) is 0 Å². The van der Waals surface area contributed by atoms with Gasteiger partial charge in [0.1, 0.15) is 6.54 Å². The Balaban J connectivity index is 1.95. The molecular formula is C29H31F3N4. The Morgan fingerprint density at radius 1 is 1.14 bits per heavy atom. The third-order valence-corrected chi connectivity index (χ3v) is 6.40. The van der Waals surface area contributed by atoms with E-state index < -0.39 is 12.7 Å². The molecule has 188 valence electrons. The lowest BCUT2D eigenvalue weighted by Crippen LogP contribution is -2.43. The molecule has 7 heteroatoms. The van der Waals surface area contributed by atoms with E-state index in [1.54, 1.807) is 0 Å². The van der Waals surface area contributed by atoms with Gasteiger partial charge in [0, 0.05) is 30.1 Å². The van der Waals surface area contributed by atoms with Gasteiger partial charge >= 0.3 is 6.18 Å². The van der Waals surface area contributed by atoms with E-state index in [0.717, 1.165) is 47.5 Å². The van der Waals surface area contributed by atoms with Gasteiger partial charge in [-0.25, -0.2) is 0 Å². The first kappa shape index (κ1) is 26.8. The van der Waals surface area contributed by atoms with Gasteiger partial charge in [-0.15, -0.1) is 5.73 Å². The summed E-state index contributed by atoms with van der Waals surface area (Å²) in [6.07, 6.45) is -3.13. The van der Waals surface area contributed by atoms with Gasteiger partial charge in [-0.2, -0.15) is 18.4 Å². The molecule has 1 aliphatic heterocycles. The molecule has 2 aromatic carbocycles. The van der Waals surface area contributed by atoms with Gasteiger partial charge in [-0.3, -0.25) is 4.99 Å². The van der Waals surface area contributed by atoms with Crippen LogP contribution < -0.4 is 5.32 Å². The summed E-state index contributed by atoms with van der Waals surface area (Å²) in [5, 5.41) is 11.6. The minimum atomic E-state index is -4.37. The molecule has 0 unspecified atom stereocenters. The maximum atomic E-state index is 13.1. The molecule has 0 spiro atoms. The van der Waals surface area contributed by atoms with Crippen molar-refractivity contribution < 1.29 is 13.2 Å². The van der Waals surface area contributed by atoms with Crippen molar-refractivity contribution in [2.75, 3.05) is 19.6 Å². The fourth-order valence-electron chi connectivity index (χ4n) is 4.52. The highest BCUT2D eigenvalue weighted by Gasteiger charge is 2.31. The number of hydrogen-bond acceptors (Lipinski definition) is 4. The van der Waals surface area contributed by atoms with Crippen molar-refractivity contribution in [2.45, 2.75) is 45.7 Å². The normalized spacial score (nSPS) is 14.3. The molecule has 0 aromatic heterocycles. The van der Waals surface area contributed by atoms with Crippen LogP contribution in [-0.2, 0) is 0 Å². The summed E-state index contributed by atoms with van der Waals surface area (Å²) in [6, 6.07) is 13.6. The molecule has 0 aliphatic carbocycles. The first-order valence-electron chi connectivity index (χ1n) is 11.9. The molecule has 1 aliphatic rings. The Bertz CT molecular complexity index is 1240. The molecule has 3 rings (SSSR count). The standard InChI is InChI=1S/C29H31F3N4/c1-6-8-26(34-5)28(35-18-29(30,31)32)25-14-24(19(3)13-20(25)4)27(7-2)36-16-23(17-36)22-11-9-21(15-33)10-12-22/h9-14,23,35H,2,5-6,8,16-18H2,1,3-4H3/b28-26-. The van der Waals surface area contributed by atoms with E-state index in [2.05, 4.69) is 40.3 Å². The molecule has 1 fully saturated rings. The van der Waals surface area contributed by atoms with Crippen LogP contribution >= 0.6 is 0 Å². The van der Waals surface area contributed by atoms with E-state index in [4.69, 9.17) is 5.26 Å². The first-order chi connectivity index (χ1) is 17.1. The first-order valence-corrected chi connectivity index (χ1v) is 11.9. The molecule has 0 radical (unpaired) electrons. The second-order valence-electron chi connectivity index (χ2n) is 9.04. The predicted octanol–water partition coefficient (Wildman–Crippen LogP) is 6.72. The van der Waals surface area contributed by atoms with Crippen LogP contribution in [0.25, 0.3) is 11.4 Å². The molecule has 36 heavy (non-hydrogen) atoms. The van der Waals surface area contributed by atoms with Crippen LogP contribution in [0.4, 0.5) is 13.2 Å². The van der Waals surface area contributed by atoms with Gasteiger partial charge in [0.25, 0.3) is 0 Å². The number of nitrogens with one attached hydrogen (secondary N) is 1. The maximum Gasteiger partial charge on any atom is 0.405 e. The van der Waals surface area contributed by atoms with Gasteiger partial charge in [0.05, 0.1) is 28.7 Å². The van der Waals surface area contributed by atoms with E-state index in [0.29, 0.717) is 34.9 Å². The third kappa shape index (κ3) is 6.08. The molecular weight excluding hydrogens is 461 g/mol. The maximum absolute atomic E-state index is 13.1.